The van der Waals surface area contributed by atoms with Crippen LogP contribution in [0.5, 0.6) is 0 Å². The highest BCUT2D eigenvalue weighted by Crippen LogP contribution is 2.32. The first kappa shape index (κ1) is 50.1. The molecule has 0 bridgehead atoms. The minimum atomic E-state index is -1.04. The number of nitrogens with two attached hydrogens (primary N) is 1. The van der Waals surface area contributed by atoms with Crippen LogP contribution in [0.4, 0.5) is 34.6 Å². The number of hydrogen-bond donors (Lipinski definition) is 3. The molecule has 0 radical (unpaired) electrons. The summed E-state index contributed by atoms with van der Waals surface area (Å²) in [4.78, 5) is 66.1. The van der Waals surface area contributed by atoms with Gasteiger partial charge in [0.2, 0.25) is 11.9 Å². The van der Waals surface area contributed by atoms with Gasteiger partial charge in [0.05, 0.1) is 25.3 Å². The summed E-state index contributed by atoms with van der Waals surface area (Å²) in [6.45, 7) is 1.32. The van der Waals surface area contributed by atoms with E-state index >= 15 is 0 Å². The molecule has 0 fully saturated rings. The van der Waals surface area contributed by atoms with E-state index in [1.165, 1.54) is 26.6 Å². The number of nitrogens with one attached hydrogen (secondary N) is 1. The van der Waals surface area contributed by atoms with Crippen LogP contribution in [-0.4, -0.2) is 76.2 Å². The van der Waals surface area contributed by atoms with Crippen LogP contribution < -0.4 is 20.9 Å². The minimum Gasteiger partial charge on any atom is -0.478 e. The summed E-state index contributed by atoms with van der Waals surface area (Å²) in [5.41, 5.74) is 9.45. The molecular formula is C50H58N8O7. The number of esters is 2. The largest absolute Gasteiger partial charge is 0.478 e. The van der Waals surface area contributed by atoms with Crippen molar-refractivity contribution in [3.05, 3.63) is 157 Å². The Kier molecular flexibility index (Phi) is 22.3. The van der Waals surface area contributed by atoms with Gasteiger partial charge in [-0.1, -0.05) is 98.5 Å². The zero-order chi connectivity index (χ0) is 46.5. The molecule has 340 valence electrons. The van der Waals surface area contributed by atoms with Gasteiger partial charge in [0.15, 0.2) is 0 Å². The SMILES string of the molecule is COC(=O)CCCCCCN.COC(=O)CCCCCCNC(=O)c1cnc(N(c2ccccc2)c2ccccc2)nc1.O=C(O)c1cnc(N(c2ccccc2)c2ccccc2)nc1. The molecule has 0 unspecified atom stereocenters. The summed E-state index contributed by atoms with van der Waals surface area (Å²) in [6, 6.07) is 39.1. The van der Waals surface area contributed by atoms with Crippen molar-refractivity contribution in [3.8, 4) is 0 Å². The molecule has 6 rings (SSSR count). The maximum atomic E-state index is 12.4. The second kappa shape index (κ2) is 29.0. The number of hydrogen-bond acceptors (Lipinski definition) is 13. The van der Waals surface area contributed by atoms with Crippen LogP contribution in [0.3, 0.4) is 0 Å². The lowest BCUT2D eigenvalue weighted by Gasteiger charge is -2.22. The fourth-order valence-electron chi connectivity index (χ4n) is 6.19. The Morgan fingerprint density at radius 1 is 0.508 bits per heavy atom. The molecule has 0 aliphatic carbocycles. The zero-order valence-electron chi connectivity index (χ0n) is 37.0. The quantitative estimate of drug-likeness (QED) is 0.0455. The van der Waals surface area contributed by atoms with Gasteiger partial charge in [-0.2, -0.15) is 0 Å². The van der Waals surface area contributed by atoms with Crippen LogP contribution in [0.15, 0.2) is 146 Å². The Balaban J connectivity index is 0.000000241. The second-order valence-electron chi connectivity index (χ2n) is 14.4. The number of nitrogens with zero attached hydrogens (tertiary/aromatic N) is 6. The lowest BCUT2D eigenvalue weighted by Crippen LogP contribution is -2.25. The normalized spacial score (nSPS) is 10.2. The van der Waals surface area contributed by atoms with Crippen LogP contribution in [0.25, 0.3) is 0 Å². The van der Waals surface area contributed by atoms with Gasteiger partial charge in [-0.3, -0.25) is 24.2 Å². The van der Waals surface area contributed by atoms with Gasteiger partial charge in [-0.05, 0) is 80.8 Å². The van der Waals surface area contributed by atoms with Gasteiger partial charge >= 0.3 is 17.9 Å². The van der Waals surface area contributed by atoms with Crippen LogP contribution >= 0.6 is 0 Å². The first-order valence-electron chi connectivity index (χ1n) is 21.6. The Hall–Kier alpha value is -7.52. The van der Waals surface area contributed by atoms with Gasteiger partial charge < -0.3 is 25.6 Å². The lowest BCUT2D eigenvalue weighted by atomic mass is 10.1. The number of carboxylic acids is 1. The van der Waals surface area contributed by atoms with Crippen molar-refractivity contribution in [3.63, 3.8) is 0 Å². The first-order valence-corrected chi connectivity index (χ1v) is 21.6. The van der Waals surface area contributed by atoms with Crippen molar-refractivity contribution in [2.45, 2.75) is 64.2 Å². The molecule has 2 aromatic heterocycles. The van der Waals surface area contributed by atoms with E-state index in [9.17, 15) is 19.2 Å². The molecule has 0 saturated carbocycles. The topological polar surface area (TPSA) is 203 Å². The molecule has 4 aromatic carbocycles. The number of anilines is 6. The number of aromatic nitrogens is 4. The van der Waals surface area contributed by atoms with E-state index in [0.717, 1.165) is 80.7 Å². The summed E-state index contributed by atoms with van der Waals surface area (Å²) >= 11 is 0. The van der Waals surface area contributed by atoms with Crippen molar-refractivity contribution < 1.29 is 33.8 Å². The number of aromatic carboxylic acids is 1. The Morgan fingerprint density at radius 3 is 1.18 bits per heavy atom. The Labute approximate surface area is 380 Å². The summed E-state index contributed by atoms with van der Waals surface area (Å²) in [5.74, 6) is -0.626. The van der Waals surface area contributed by atoms with Gasteiger partial charge in [0.25, 0.3) is 5.91 Å². The average Bonchev–Trinajstić information content (AvgIpc) is 3.35. The predicted molar refractivity (Wildman–Crippen MR) is 252 cm³/mol. The first-order chi connectivity index (χ1) is 31.7. The number of benzene rings is 4. The van der Waals surface area contributed by atoms with E-state index in [4.69, 9.17) is 10.8 Å². The fourth-order valence-corrected chi connectivity index (χ4v) is 6.19. The summed E-state index contributed by atoms with van der Waals surface area (Å²) in [6.07, 6.45) is 14.4. The number of carbonyl (C=O) groups excluding carboxylic acids is 3. The molecule has 0 aliphatic rings. The molecule has 4 N–H and O–H groups in total. The van der Waals surface area contributed by atoms with Gasteiger partial charge in [0, 0.05) is 66.9 Å². The van der Waals surface area contributed by atoms with Crippen molar-refractivity contribution in [1.82, 2.24) is 25.3 Å². The van der Waals surface area contributed by atoms with E-state index in [2.05, 4.69) is 34.7 Å². The van der Waals surface area contributed by atoms with E-state index in [0.29, 0.717) is 36.8 Å². The summed E-state index contributed by atoms with van der Waals surface area (Å²) < 4.78 is 9.11. The number of unbranched alkanes of at least 4 members (excludes halogenated alkanes) is 6. The maximum Gasteiger partial charge on any atom is 0.338 e. The average molecular weight is 883 g/mol. The van der Waals surface area contributed by atoms with Crippen LogP contribution in [0.2, 0.25) is 0 Å². The van der Waals surface area contributed by atoms with E-state index in [-0.39, 0.29) is 23.4 Å². The molecule has 0 spiro atoms. The number of ether oxygens (including phenoxy) is 2. The van der Waals surface area contributed by atoms with Crippen LogP contribution in [0, 0.1) is 0 Å². The molecule has 15 nitrogen and oxygen atoms in total. The Morgan fingerprint density at radius 2 is 0.846 bits per heavy atom. The van der Waals surface area contributed by atoms with Crippen molar-refractivity contribution in [1.29, 1.82) is 0 Å². The van der Waals surface area contributed by atoms with Gasteiger partial charge in [0.1, 0.15) is 0 Å². The highest BCUT2D eigenvalue weighted by atomic mass is 16.5. The standard InChI is InChI=1S/C25H28N4O3.C17H13N3O2.C8H17NO2/c1-32-23(30)16-10-2-3-11-17-26-24(31)20-18-27-25(28-19-20)29(21-12-6-4-7-13-21)22-14-8-5-9-15-22;21-16(22)13-11-18-17(19-12-13)20(14-7-3-1-4-8-14)15-9-5-2-6-10-15;1-11-8(10)6-4-2-3-5-7-9/h4-9,12-15,18-19H,2-3,10-11,16-17H2,1H3,(H,26,31);1-12H,(H,21,22);2-7,9H2,1H3. The van der Waals surface area contributed by atoms with Crippen molar-refractivity contribution >= 4 is 58.5 Å². The lowest BCUT2D eigenvalue weighted by molar-refractivity contribution is -0.141. The number of carbonyl (C=O) groups is 4. The van der Waals surface area contributed by atoms with Crippen LogP contribution in [0.1, 0.15) is 84.9 Å². The van der Waals surface area contributed by atoms with E-state index in [1.807, 2.05) is 131 Å². The molecule has 1 amide bonds. The third-order valence-corrected chi connectivity index (χ3v) is 9.63. The fraction of sp³-hybridized carbons (Fsp3) is 0.280. The highest BCUT2D eigenvalue weighted by Gasteiger charge is 2.17. The van der Waals surface area contributed by atoms with E-state index < -0.39 is 5.97 Å². The van der Waals surface area contributed by atoms with E-state index in [1.54, 1.807) is 12.4 Å². The number of para-hydroxylation sites is 4. The van der Waals surface area contributed by atoms with Gasteiger partial charge in [-0.25, -0.2) is 24.7 Å². The highest BCUT2D eigenvalue weighted by molar-refractivity contribution is 5.93. The molecule has 65 heavy (non-hydrogen) atoms. The van der Waals surface area contributed by atoms with Crippen molar-refractivity contribution in [2.24, 2.45) is 5.73 Å². The number of rotatable bonds is 21. The zero-order valence-corrected chi connectivity index (χ0v) is 37.0. The van der Waals surface area contributed by atoms with Crippen molar-refractivity contribution in [2.75, 3.05) is 37.1 Å². The second-order valence-corrected chi connectivity index (χ2v) is 14.4. The van der Waals surface area contributed by atoms with Crippen LogP contribution in [-0.2, 0) is 19.1 Å². The summed E-state index contributed by atoms with van der Waals surface area (Å²) in [5, 5.41) is 11.9. The monoisotopic (exact) mass is 882 g/mol. The molecule has 6 aromatic rings. The smallest absolute Gasteiger partial charge is 0.338 e. The molecule has 15 heteroatoms. The third kappa shape index (κ3) is 17.6. The maximum absolute atomic E-state index is 12.4. The number of methoxy groups -OCH3 is 2. The number of carboxylic acid groups (broad SMARTS) is 1. The Bertz CT molecular complexity index is 2190. The third-order valence-electron chi connectivity index (χ3n) is 9.63. The number of amides is 1. The summed E-state index contributed by atoms with van der Waals surface area (Å²) in [7, 11) is 2.82. The van der Waals surface area contributed by atoms with Gasteiger partial charge in [-0.15, -0.1) is 0 Å². The minimum absolute atomic E-state index is 0.0600. The molecule has 0 aliphatic heterocycles. The predicted octanol–water partition coefficient (Wildman–Crippen LogP) is 9.51. The molecule has 2 heterocycles. The molecule has 0 saturated heterocycles. The molecular weight excluding hydrogens is 825 g/mol. The molecule has 0 atom stereocenters.